The lowest BCUT2D eigenvalue weighted by Crippen LogP contribution is -2.45. The predicted molar refractivity (Wildman–Crippen MR) is 103 cm³/mol. The number of carbonyl (C=O) groups excluding carboxylic acids is 2. The average Bonchev–Trinajstić information content (AvgIpc) is 2.96. The molecular formula is C20H26BrNO4. The Morgan fingerprint density at radius 3 is 2.65 bits per heavy atom. The molecule has 0 N–H and O–H groups in total. The fourth-order valence-corrected chi connectivity index (χ4v) is 4.46. The molecule has 2 aliphatic rings. The Kier molecular flexibility index (Phi) is 5.33. The molecule has 0 radical (unpaired) electrons. The van der Waals surface area contributed by atoms with E-state index in [0.717, 1.165) is 28.6 Å². The van der Waals surface area contributed by atoms with Gasteiger partial charge in [0, 0.05) is 11.0 Å². The van der Waals surface area contributed by atoms with Gasteiger partial charge in [0.05, 0.1) is 18.2 Å². The lowest BCUT2D eigenvalue weighted by molar-refractivity contribution is -0.149. The van der Waals surface area contributed by atoms with Crippen LogP contribution in [0.3, 0.4) is 0 Å². The van der Waals surface area contributed by atoms with E-state index in [9.17, 15) is 9.59 Å². The Morgan fingerprint density at radius 1 is 1.27 bits per heavy atom. The van der Waals surface area contributed by atoms with Crippen LogP contribution in [0.2, 0.25) is 0 Å². The molecule has 3 rings (SSSR count). The molecule has 1 aliphatic carbocycles. The maximum atomic E-state index is 12.9. The number of ether oxygens (including phenoxy) is 2. The van der Waals surface area contributed by atoms with E-state index in [0.29, 0.717) is 13.2 Å². The van der Waals surface area contributed by atoms with Gasteiger partial charge in [-0.2, -0.15) is 0 Å². The van der Waals surface area contributed by atoms with Gasteiger partial charge in [-0.3, -0.25) is 9.69 Å². The third-order valence-electron chi connectivity index (χ3n) is 5.10. The molecule has 0 unspecified atom stereocenters. The first-order chi connectivity index (χ1) is 12.2. The first-order valence-corrected chi connectivity index (χ1v) is 9.97. The van der Waals surface area contributed by atoms with E-state index in [-0.39, 0.29) is 29.8 Å². The van der Waals surface area contributed by atoms with E-state index < -0.39 is 5.60 Å². The molecule has 1 aromatic rings. The molecule has 1 amide bonds. The fraction of sp³-hybridized carbons (Fsp3) is 0.600. The van der Waals surface area contributed by atoms with Crippen molar-refractivity contribution in [2.75, 3.05) is 18.1 Å². The van der Waals surface area contributed by atoms with Crippen molar-refractivity contribution in [3.05, 3.63) is 28.2 Å². The molecule has 0 aromatic heterocycles. The van der Waals surface area contributed by atoms with Crippen LogP contribution in [-0.4, -0.2) is 30.8 Å². The van der Waals surface area contributed by atoms with Gasteiger partial charge in [0.15, 0.2) is 0 Å². The molecule has 1 aliphatic heterocycles. The summed E-state index contributed by atoms with van der Waals surface area (Å²) in [5.41, 5.74) is 1.41. The largest absolute Gasteiger partial charge is 0.466 e. The molecule has 1 heterocycles. The van der Waals surface area contributed by atoms with Crippen LogP contribution in [0.5, 0.6) is 0 Å². The summed E-state index contributed by atoms with van der Waals surface area (Å²) in [6.07, 6.45) is 1.36. The van der Waals surface area contributed by atoms with Gasteiger partial charge in [-0.05, 0) is 70.1 Å². The van der Waals surface area contributed by atoms with Crippen LogP contribution < -0.4 is 4.90 Å². The molecule has 1 fully saturated rings. The van der Waals surface area contributed by atoms with E-state index in [1.54, 1.807) is 4.90 Å². The van der Waals surface area contributed by atoms with Crippen molar-refractivity contribution in [3.8, 4) is 0 Å². The first kappa shape index (κ1) is 19.2. The molecule has 3 atom stereocenters. The standard InChI is InChI=1S/C20H26BrNO4/c1-5-25-18(23)15-9-8-13-14-7-6-12(21)10-17(14)22(11-16(13)15)19(24)26-20(2,3)4/h6-7,10,13,15-16H,5,8-9,11H2,1-4H3/t13-,15+,16+/m0/s1. The summed E-state index contributed by atoms with van der Waals surface area (Å²) in [5.74, 6) is 0.0211. The predicted octanol–water partition coefficient (Wildman–Crippen LogP) is 4.88. The highest BCUT2D eigenvalue weighted by Gasteiger charge is 2.47. The summed E-state index contributed by atoms with van der Waals surface area (Å²) < 4.78 is 11.8. The number of anilines is 1. The lowest BCUT2D eigenvalue weighted by Gasteiger charge is -2.39. The van der Waals surface area contributed by atoms with Gasteiger partial charge in [0.25, 0.3) is 0 Å². The fourth-order valence-electron chi connectivity index (χ4n) is 4.11. The Balaban J connectivity index is 1.96. The van der Waals surface area contributed by atoms with Gasteiger partial charge >= 0.3 is 12.1 Å². The van der Waals surface area contributed by atoms with Gasteiger partial charge in [0.2, 0.25) is 0 Å². The molecule has 0 bridgehead atoms. The number of carbonyl (C=O) groups is 2. The molecule has 26 heavy (non-hydrogen) atoms. The molecule has 6 heteroatoms. The molecular weight excluding hydrogens is 398 g/mol. The second-order valence-electron chi connectivity index (χ2n) is 8.00. The zero-order chi connectivity index (χ0) is 19.1. The number of amides is 1. The molecule has 1 saturated carbocycles. The van der Waals surface area contributed by atoms with Gasteiger partial charge in [-0.15, -0.1) is 0 Å². The summed E-state index contributed by atoms with van der Waals surface area (Å²) in [4.78, 5) is 26.9. The molecule has 0 spiro atoms. The Morgan fingerprint density at radius 2 is 2.00 bits per heavy atom. The van der Waals surface area contributed by atoms with Crippen molar-refractivity contribution < 1.29 is 19.1 Å². The zero-order valence-corrected chi connectivity index (χ0v) is 17.3. The van der Waals surface area contributed by atoms with Gasteiger partial charge in [-0.1, -0.05) is 22.0 Å². The number of benzene rings is 1. The molecule has 0 saturated heterocycles. The van der Waals surface area contributed by atoms with Crippen LogP contribution in [0.1, 0.15) is 52.0 Å². The van der Waals surface area contributed by atoms with Gasteiger partial charge in [0.1, 0.15) is 5.60 Å². The number of fused-ring (bicyclic) bond motifs is 3. The summed E-state index contributed by atoms with van der Waals surface area (Å²) in [6.45, 7) is 8.26. The topological polar surface area (TPSA) is 55.8 Å². The van der Waals surface area contributed by atoms with Crippen molar-refractivity contribution in [2.24, 2.45) is 11.8 Å². The van der Waals surface area contributed by atoms with Crippen molar-refractivity contribution >= 4 is 33.7 Å². The van der Waals surface area contributed by atoms with Crippen LogP contribution in [0, 0.1) is 11.8 Å². The van der Waals surface area contributed by atoms with Crippen LogP contribution in [0.4, 0.5) is 10.5 Å². The summed E-state index contributed by atoms with van der Waals surface area (Å²) in [6, 6.07) is 6.01. The summed E-state index contributed by atoms with van der Waals surface area (Å²) >= 11 is 3.50. The zero-order valence-electron chi connectivity index (χ0n) is 15.8. The highest BCUT2D eigenvalue weighted by molar-refractivity contribution is 9.10. The van der Waals surface area contributed by atoms with Crippen LogP contribution in [0.25, 0.3) is 0 Å². The number of hydrogen-bond donors (Lipinski definition) is 0. The molecule has 142 valence electrons. The Labute approximate surface area is 163 Å². The van der Waals surface area contributed by atoms with Crippen molar-refractivity contribution in [2.45, 2.75) is 52.1 Å². The maximum Gasteiger partial charge on any atom is 0.414 e. The number of halogens is 1. The van der Waals surface area contributed by atoms with Gasteiger partial charge < -0.3 is 9.47 Å². The van der Waals surface area contributed by atoms with Crippen molar-refractivity contribution in [3.63, 3.8) is 0 Å². The van der Waals surface area contributed by atoms with Crippen LogP contribution in [-0.2, 0) is 14.3 Å². The van der Waals surface area contributed by atoms with E-state index in [2.05, 4.69) is 22.0 Å². The van der Waals surface area contributed by atoms with E-state index in [1.807, 2.05) is 39.8 Å². The van der Waals surface area contributed by atoms with Crippen molar-refractivity contribution in [1.29, 1.82) is 0 Å². The monoisotopic (exact) mass is 423 g/mol. The minimum atomic E-state index is -0.573. The van der Waals surface area contributed by atoms with Crippen LogP contribution >= 0.6 is 15.9 Å². The number of hydrogen-bond acceptors (Lipinski definition) is 4. The second kappa shape index (κ2) is 7.22. The van der Waals surface area contributed by atoms with E-state index >= 15 is 0 Å². The maximum absolute atomic E-state index is 12.9. The third kappa shape index (κ3) is 3.75. The average molecular weight is 424 g/mol. The quantitative estimate of drug-likeness (QED) is 0.636. The molecule has 5 nitrogen and oxygen atoms in total. The van der Waals surface area contributed by atoms with Crippen molar-refractivity contribution in [1.82, 2.24) is 0 Å². The summed E-state index contributed by atoms with van der Waals surface area (Å²) in [5, 5.41) is 0. The second-order valence-corrected chi connectivity index (χ2v) is 8.92. The smallest absolute Gasteiger partial charge is 0.414 e. The van der Waals surface area contributed by atoms with E-state index in [4.69, 9.17) is 9.47 Å². The minimum absolute atomic E-state index is 0.0650. The normalized spacial score (nSPS) is 24.7. The SMILES string of the molecule is CCOC(=O)[C@@H]1CC[C@H]2c3ccc(Br)cc3N(C(=O)OC(C)(C)C)C[C@@H]12. The van der Waals surface area contributed by atoms with Gasteiger partial charge in [-0.25, -0.2) is 4.79 Å². The number of rotatable bonds is 2. The minimum Gasteiger partial charge on any atom is -0.466 e. The van der Waals surface area contributed by atoms with Crippen LogP contribution in [0.15, 0.2) is 22.7 Å². The summed E-state index contributed by atoms with van der Waals surface area (Å²) in [7, 11) is 0. The Hall–Kier alpha value is -1.56. The Bertz CT molecular complexity index is 712. The lowest BCUT2D eigenvalue weighted by atomic mass is 9.80. The number of nitrogens with zero attached hydrogens (tertiary/aromatic N) is 1. The first-order valence-electron chi connectivity index (χ1n) is 9.18. The highest BCUT2D eigenvalue weighted by atomic mass is 79.9. The highest BCUT2D eigenvalue weighted by Crippen LogP contribution is 2.51. The molecule has 1 aromatic carbocycles. The third-order valence-corrected chi connectivity index (χ3v) is 5.59. The van der Waals surface area contributed by atoms with E-state index in [1.165, 1.54) is 0 Å². The number of esters is 1.